The van der Waals surface area contributed by atoms with Gasteiger partial charge in [0.15, 0.2) is 17.3 Å². The van der Waals surface area contributed by atoms with E-state index in [1.165, 1.54) is 6.92 Å². The Labute approximate surface area is 166 Å². The Hall–Kier alpha value is -3.02. The predicted molar refractivity (Wildman–Crippen MR) is 108 cm³/mol. The van der Waals surface area contributed by atoms with Crippen molar-refractivity contribution in [1.29, 1.82) is 0 Å². The molecule has 0 aliphatic carbocycles. The van der Waals surface area contributed by atoms with Crippen molar-refractivity contribution in [2.24, 2.45) is 0 Å². The molecule has 0 radical (unpaired) electrons. The van der Waals surface area contributed by atoms with Crippen LogP contribution in [0.4, 0.5) is 0 Å². The van der Waals surface area contributed by atoms with Gasteiger partial charge in [-0.15, -0.1) is 0 Å². The molecule has 0 aliphatic rings. The van der Waals surface area contributed by atoms with Crippen LogP contribution in [-0.4, -0.2) is 51.5 Å². The molecule has 0 N–H and O–H groups in total. The quantitative estimate of drug-likeness (QED) is 0.621. The standard InChI is InChI=1S/C22H27NO5/c1-15(24)17-7-9-19(26-3)18(13-17)14-22(25)23(2)11-10-16-6-8-20(27-4)21(12-16)28-5/h6-9,12-13H,10-11,14H2,1-5H3. The lowest BCUT2D eigenvalue weighted by Crippen LogP contribution is -2.30. The van der Waals surface area contributed by atoms with Crippen LogP contribution in [0.1, 0.15) is 28.4 Å². The molecule has 0 saturated heterocycles. The first kappa shape index (κ1) is 21.3. The average molecular weight is 385 g/mol. The molecular formula is C22H27NO5. The Bertz CT molecular complexity index is 847. The van der Waals surface area contributed by atoms with E-state index in [1.807, 2.05) is 18.2 Å². The van der Waals surface area contributed by atoms with E-state index in [0.717, 1.165) is 5.56 Å². The fourth-order valence-corrected chi connectivity index (χ4v) is 2.89. The average Bonchev–Trinajstić information content (AvgIpc) is 2.71. The highest BCUT2D eigenvalue weighted by atomic mass is 16.5. The maximum absolute atomic E-state index is 12.6. The summed E-state index contributed by atoms with van der Waals surface area (Å²) in [4.78, 5) is 25.9. The van der Waals surface area contributed by atoms with Crippen LogP contribution in [0.5, 0.6) is 17.2 Å². The monoisotopic (exact) mass is 385 g/mol. The molecular weight excluding hydrogens is 358 g/mol. The van der Waals surface area contributed by atoms with Gasteiger partial charge in [-0.05, 0) is 49.2 Å². The molecule has 6 nitrogen and oxygen atoms in total. The molecule has 0 aromatic heterocycles. The van der Waals surface area contributed by atoms with E-state index in [9.17, 15) is 9.59 Å². The van der Waals surface area contributed by atoms with Crippen molar-refractivity contribution >= 4 is 11.7 Å². The van der Waals surface area contributed by atoms with E-state index >= 15 is 0 Å². The molecule has 6 heteroatoms. The number of hydrogen-bond acceptors (Lipinski definition) is 5. The normalized spacial score (nSPS) is 10.3. The Kier molecular flexibility index (Phi) is 7.44. The van der Waals surface area contributed by atoms with Crippen LogP contribution in [-0.2, 0) is 17.6 Å². The van der Waals surface area contributed by atoms with Gasteiger partial charge in [0.25, 0.3) is 0 Å². The summed E-state index contributed by atoms with van der Waals surface area (Å²) in [6.45, 7) is 2.06. The SMILES string of the molecule is COc1ccc(C(C)=O)cc1CC(=O)N(C)CCc1ccc(OC)c(OC)c1. The molecule has 1 amide bonds. The van der Waals surface area contributed by atoms with Crippen LogP contribution >= 0.6 is 0 Å². The van der Waals surface area contributed by atoms with Crippen LogP contribution in [0.3, 0.4) is 0 Å². The number of hydrogen-bond donors (Lipinski definition) is 0. The second kappa shape index (κ2) is 9.78. The van der Waals surface area contributed by atoms with E-state index in [2.05, 4.69) is 0 Å². The molecule has 0 bridgehead atoms. The number of carbonyl (C=O) groups is 2. The molecule has 150 valence electrons. The molecule has 0 saturated carbocycles. The van der Waals surface area contributed by atoms with Gasteiger partial charge in [0.05, 0.1) is 27.8 Å². The Morgan fingerprint density at radius 1 is 0.893 bits per heavy atom. The zero-order valence-corrected chi connectivity index (χ0v) is 17.1. The van der Waals surface area contributed by atoms with Gasteiger partial charge in [0, 0.05) is 24.7 Å². The van der Waals surface area contributed by atoms with E-state index in [4.69, 9.17) is 14.2 Å². The number of methoxy groups -OCH3 is 3. The number of amides is 1. The number of ketones is 1. The van der Waals surface area contributed by atoms with Crippen LogP contribution in [0.2, 0.25) is 0 Å². The second-order valence-electron chi connectivity index (χ2n) is 6.51. The van der Waals surface area contributed by atoms with Crippen LogP contribution in [0.25, 0.3) is 0 Å². The Balaban J connectivity index is 2.03. The Morgan fingerprint density at radius 3 is 2.14 bits per heavy atom. The first-order chi connectivity index (χ1) is 13.4. The summed E-state index contributed by atoms with van der Waals surface area (Å²) >= 11 is 0. The maximum Gasteiger partial charge on any atom is 0.226 e. The third-order valence-corrected chi connectivity index (χ3v) is 4.64. The highest BCUT2D eigenvalue weighted by Crippen LogP contribution is 2.27. The summed E-state index contributed by atoms with van der Waals surface area (Å²) in [7, 11) is 6.51. The summed E-state index contributed by atoms with van der Waals surface area (Å²) in [5, 5.41) is 0. The van der Waals surface area contributed by atoms with Gasteiger partial charge in [0.1, 0.15) is 5.75 Å². The van der Waals surface area contributed by atoms with Gasteiger partial charge < -0.3 is 19.1 Å². The van der Waals surface area contributed by atoms with Crippen molar-refractivity contribution in [3.05, 3.63) is 53.1 Å². The number of carbonyl (C=O) groups excluding carboxylic acids is 2. The Morgan fingerprint density at radius 2 is 1.54 bits per heavy atom. The topological polar surface area (TPSA) is 65.1 Å². The lowest BCUT2D eigenvalue weighted by Gasteiger charge is -2.19. The van der Waals surface area contributed by atoms with Crippen molar-refractivity contribution in [3.8, 4) is 17.2 Å². The highest BCUT2D eigenvalue weighted by Gasteiger charge is 2.15. The molecule has 28 heavy (non-hydrogen) atoms. The zero-order chi connectivity index (χ0) is 20.7. The van der Waals surface area contributed by atoms with Crippen LogP contribution < -0.4 is 14.2 Å². The fraction of sp³-hybridized carbons (Fsp3) is 0.364. The molecule has 2 aromatic rings. The molecule has 2 aromatic carbocycles. The summed E-state index contributed by atoms with van der Waals surface area (Å²) in [5.41, 5.74) is 2.32. The predicted octanol–water partition coefficient (Wildman–Crippen LogP) is 3.16. The molecule has 0 unspecified atom stereocenters. The third-order valence-electron chi connectivity index (χ3n) is 4.64. The van der Waals surface area contributed by atoms with Crippen molar-refractivity contribution in [1.82, 2.24) is 4.90 Å². The summed E-state index contributed by atoms with van der Waals surface area (Å²) in [6.07, 6.45) is 0.861. The zero-order valence-electron chi connectivity index (χ0n) is 17.1. The number of nitrogens with zero attached hydrogens (tertiary/aromatic N) is 1. The summed E-state index contributed by atoms with van der Waals surface area (Å²) in [6, 6.07) is 10.9. The van der Waals surface area contributed by atoms with E-state index in [0.29, 0.717) is 41.3 Å². The van der Waals surface area contributed by atoms with Gasteiger partial charge in [-0.25, -0.2) is 0 Å². The highest BCUT2D eigenvalue weighted by molar-refractivity contribution is 5.94. The lowest BCUT2D eigenvalue weighted by molar-refractivity contribution is -0.129. The molecule has 0 aliphatic heterocycles. The summed E-state index contributed by atoms with van der Waals surface area (Å²) < 4.78 is 15.9. The molecule has 0 fully saturated rings. The second-order valence-corrected chi connectivity index (χ2v) is 6.51. The molecule has 0 atom stereocenters. The van der Waals surface area contributed by atoms with Gasteiger partial charge in [0.2, 0.25) is 5.91 Å². The summed E-state index contributed by atoms with van der Waals surface area (Å²) in [5.74, 6) is 1.86. The van der Waals surface area contributed by atoms with E-state index in [-0.39, 0.29) is 18.1 Å². The van der Waals surface area contributed by atoms with Gasteiger partial charge in [-0.3, -0.25) is 9.59 Å². The van der Waals surface area contributed by atoms with Crippen LogP contribution in [0, 0.1) is 0 Å². The third kappa shape index (κ3) is 5.25. The van der Waals surface area contributed by atoms with Crippen LogP contribution in [0.15, 0.2) is 36.4 Å². The number of likely N-dealkylation sites (N-methyl/N-ethyl adjacent to an activating group) is 1. The number of ether oxygens (including phenoxy) is 3. The number of benzene rings is 2. The molecule has 0 spiro atoms. The van der Waals surface area contributed by atoms with Gasteiger partial charge >= 0.3 is 0 Å². The first-order valence-corrected chi connectivity index (χ1v) is 9.02. The molecule has 0 heterocycles. The minimum absolute atomic E-state index is 0.0421. The van der Waals surface area contributed by atoms with Crippen molar-refractivity contribution in [2.45, 2.75) is 19.8 Å². The minimum atomic E-state index is -0.0434. The minimum Gasteiger partial charge on any atom is -0.496 e. The van der Waals surface area contributed by atoms with E-state index in [1.54, 1.807) is 51.5 Å². The number of rotatable bonds is 9. The van der Waals surface area contributed by atoms with Crippen molar-refractivity contribution in [2.75, 3.05) is 34.9 Å². The van der Waals surface area contributed by atoms with Gasteiger partial charge in [-0.1, -0.05) is 6.07 Å². The fourth-order valence-electron chi connectivity index (χ4n) is 2.89. The van der Waals surface area contributed by atoms with Gasteiger partial charge in [-0.2, -0.15) is 0 Å². The largest absolute Gasteiger partial charge is 0.496 e. The van der Waals surface area contributed by atoms with Crippen molar-refractivity contribution < 1.29 is 23.8 Å². The number of Topliss-reactive ketones (excluding diaryl/α,β-unsaturated/α-hetero) is 1. The van der Waals surface area contributed by atoms with E-state index < -0.39 is 0 Å². The van der Waals surface area contributed by atoms with Crippen molar-refractivity contribution in [3.63, 3.8) is 0 Å². The smallest absolute Gasteiger partial charge is 0.226 e. The molecule has 2 rings (SSSR count). The first-order valence-electron chi connectivity index (χ1n) is 9.02. The maximum atomic E-state index is 12.6. The lowest BCUT2D eigenvalue weighted by atomic mass is 10.0.